The molecular formula is C41H44N10O14S2. The Hall–Kier alpha value is -7.36. The summed E-state index contributed by atoms with van der Waals surface area (Å²) in [5.74, 6) is -3.09. The van der Waals surface area contributed by atoms with E-state index in [1.165, 1.54) is 36.4 Å². The maximum atomic E-state index is 11.5. The molecule has 354 valence electrons. The Morgan fingerprint density at radius 2 is 1.19 bits per heavy atom. The number of carbonyl (C=O) groups is 3. The summed E-state index contributed by atoms with van der Waals surface area (Å²) in [6.07, 6.45) is 0.446. The van der Waals surface area contributed by atoms with Gasteiger partial charge in [-0.1, -0.05) is 17.2 Å². The van der Waals surface area contributed by atoms with Crippen LogP contribution in [0, 0.1) is 13.8 Å². The Labute approximate surface area is 386 Å². The van der Waals surface area contributed by atoms with Crippen LogP contribution < -0.4 is 25.4 Å². The lowest BCUT2D eigenvalue weighted by Gasteiger charge is -2.17. The Balaban J connectivity index is 1.51. The number of nitrogens with one attached hydrogen (secondary N) is 3. The van der Waals surface area contributed by atoms with E-state index in [2.05, 4.69) is 60.7 Å². The van der Waals surface area contributed by atoms with E-state index in [0.717, 1.165) is 12.0 Å². The minimum Gasteiger partial charge on any atom is -0.491 e. The summed E-state index contributed by atoms with van der Waals surface area (Å²) < 4.78 is 48.7. The molecule has 0 aliphatic heterocycles. The molecule has 0 atom stereocenters. The molecule has 0 bridgehead atoms. The first-order valence-corrected chi connectivity index (χ1v) is 22.4. The molecule has 1 heterocycles. The summed E-state index contributed by atoms with van der Waals surface area (Å²) in [6.45, 7) is 3.62. The molecule has 0 spiro atoms. The number of aromatic carboxylic acids is 2. The van der Waals surface area contributed by atoms with Crippen LogP contribution in [0.2, 0.25) is 0 Å². The van der Waals surface area contributed by atoms with E-state index in [-0.39, 0.29) is 90.9 Å². The number of benzene rings is 4. The van der Waals surface area contributed by atoms with Crippen LogP contribution in [0.15, 0.2) is 93.3 Å². The molecule has 5 aromatic rings. The van der Waals surface area contributed by atoms with Gasteiger partial charge in [0.15, 0.2) is 0 Å². The van der Waals surface area contributed by atoms with Crippen LogP contribution in [0.1, 0.15) is 57.5 Å². The Kier molecular flexibility index (Phi) is 18.7. The van der Waals surface area contributed by atoms with Crippen LogP contribution in [0.5, 0.6) is 11.5 Å². The number of aliphatic carboxylic acids is 1. The molecule has 5 rings (SSSR count). The summed E-state index contributed by atoms with van der Waals surface area (Å²) in [7, 11) is -4.29. The Morgan fingerprint density at radius 3 is 1.67 bits per heavy atom. The van der Waals surface area contributed by atoms with Gasteiger partial charge in [0.1, 0.15) is 11.5 Å². The van der Waals surface area contributed by atoms with Crippen molar-refractivity contribution in [1.82, 2.24) is 15.0 Å². The topological polar surface area (TPSA) is 348 Å². The Bertz CT molecular complexity index is 2730. The van der Waals surface area contributed by atoms with Crippen molar-refractivity contribution in [3.8, 4) is 11.5 Å². The predicted octanol–water partition coefficient (Wildman–Crippen LogP) is 8.97. The van der Waals surface area contributed by atoms with Gasteiger partial charge in [0.05, 0.1) is 64.2 Å². The van der Waals surface area contributed by atoms with Crippen LogP contribution in [-0.4, -0.2) is 97.7 Å². The summed E-state index contributed by atoms with van der Waals surface area (Å²) in [6, 6.07) is 18.2. The number of hydrogen-bond donors (Lipinski definition) is 8. The number of aromatic nitrogens is 3. The summed E-state index contributed by atoms with van der Waals surface area (Å²) in [4.78, 5) is 47.8. The summed E-state index contributed by atoms with van der Waals surface area (Å²) >= 11 is 0.847. The molecule has 0 radical (unpaired) electrons. The SMILES string of the molecule is Cc1cc(Nc2nc(NCCCC(=O)O)nc(Nc3cc(C)c(N=Nc4cccc(C(=O)O)c4)cc3OCCCS(=O)(=O)O)n2)c(OCCCSOOO)cc1N=Nc1cccc(C(=O)O)c1. The van der Waals surface area contributed by atoms with Gasteiger partial charge < -0.3 is 40.7 Å². The second-order valence-corrected chi connectivity index (χ2v) is 16.4. The number of hydrogen-bond acceptors (Lipinski definition) is 21. The second-order valence-electron chi connectivity index (χ2n) is 14.0. The van der Waals surface area contributed by atoms with Crippen molar-refractivity contribution >= 4 is 92.0 Å². The van der Waals surface area contributed by atoms with E-state index in [1.54, 1.807) is 50.2 Å². The normalized spacial score (nSPS) is 11.5. The number of aryl methyl sites for hydroxylation is 2. The molecule has 26 heteroatoms. The molecule has 0 saturated heterocycles. The first kappa shape index (κ1) is 50.6. The lowest BCUT2D eigenvalue weighted by molar-refractivity contribution is -0.432. The lowest BCUT2D eigenvalue weighted by atomic mass is 10.1. The standard InChI is InChI=1S/C41H44N10O14S2/c1-24-18-32(34(62-14-6-16-66-65-64-58)22-30(24)50-48-28-10-3-8-26(20-28)37(54)55)43-40-45-39(42-13-5-12-36(52)53)46-41(47-40)44-33-19-25(2)31(23-35(33)63-15-7-17-67(59,60)61)51-49-29-11-4-9-27(21-29)38(56)57/h3-4,8-11,18-23,58H,5-7,12-17H2,1-2H3,(H,52,53)(H,54,55)(H,56,57)(H,59,60,61)(H3,42,43,44,45,46,47). The summed E-state index contributed by atoms with van der Waals surface area (Å²) in [5.41, 5.74) is 3.09. The number of rotatable bonds is 27. The van der Waals surface area contributed by atoms with E-state index in [9.17, 15) is 42.7 Å². The molecule has 0 fully saturated rings. The van der Waals surface area contributed by atoms with Crippen molar-refractivity contribution in [3.05, 3.63) is 95.1 Å². The van der Waals surface area contributed by atoms with Gasteiger partial charge in [0, 0.05) is 42.9 Å². The number of nitrogens with zero attached hydrogens (tertiary/aromatic N) is 7. The fraction of sp³-hybridized carbons (Fsp3) is 0.268. The highest BCUT2D eigenvalue weighted by Crippen LogP contribution is 2.38. The monoisotopic (exact) mass is 964 g/mol. The zero-order valence-electron chi connectivity index (χ0n) is 35.6. The molecule has 1 aromatic heterocycles. The third-order valence-electron chi connectivity index (χ3n) is 8.82. The van der Waals surface area contributed by atoms with Gasteiger partial charge in [-0.2, -0.15) is 43.8 Å². The molecule has 0 unspecified atom stereocenters. The molecule has 0 saturated carbocycles. The van der Waals surface area contributed by atoms with Crippen molar-refractivity contribution < 1.29 is 66.8 Å². The van der Waals surface area contributed by atoms with Gasteiger partial charge in [-0.15, -0.1) is 4.33 Å². The first-order valence-electron chi connectivity index (χ1n) is 19.9. The molecular weight excluding hydrogens is 921 g/mol. The lowest BCUT2D eigenvalue weighted by Crippen LogP contribution is -2.12. The Morgan fingerprint density at radius 1 is 0.687 bits per heavy atom. The number of ether oxygens (including phenoxy) is 2. The fourth-order valence-corrected chi connectivity index (χ4v) is 6.49. The fourth-order valence-electron chi connectivity index (χ4n) is 5.66. The van der Waals surface area contributed by atoms with Crippen molar-refractivity contribution in [2.24, 2.45) is 20.5 Å². The van der Waals surface area contributed by atoms with Crippen molar-refractivity contribution in [2.75, 3.05) is 47.2 Å². The molecule has 0 aliphatic carbocycles. The highest BCUT2D eigenvalue weighted by Gasteiger charge is 2.17. The van der Waals surface area contributed by atoms with Crippen LogP contribution in [0.25, 0.3) is 0 Å². The summed E-state index contributed by atoms with van der Waals surface area (Å²) in [5, 5.41) is 66.4. The quantitative estimate of drug-likeness (QED) is 0.00607. The molecule has 24 nitrogen and oxygen atoms in total. The van der Waals surface area contributed by atoms with Gasteiger partial charge in [-0.25, -0.2) is 14.8 Å². The highest BCUT2D eigenvalue weighted by molar-refractivity contribution is 7.94. The number of azo groups is 2. The smallest absolute Gasteiger partial charge is 0.335 e. The molecule has 0 amide bonds. The third kappa shape index (κ3) is 16.9. The maximum absolute atomic E-state index is 11.5. The van der Waals surface area contributed by atoms with Gasteiger partial charge in [-0.05, 0) is 92.8 Å². The molecule has 67 heavy (non-hydrogen) atoms. The van der Waals surface area contributed by atoms with E-state index in [4.69, 9.17) is 14.7 Å². The number of carboxylic acid groups (broad SMARTS) is 3. The van der Waals surface area contributed by atoms with Crippen LogP contribution in [0.4, 0.5) is 52.0 Å². The van der Waals surface area contributed by atoms with Crippen molar-refractivity contribution in [2.45, 2.75) is 39.5 Å². The predicted molar refractivity (Wildman–Crippen MR) is 243 cm³/mol. The number of carboxylic acids is 3. The average molecular weight is 965 g/mol. The number of anilines is 5. The molecule has 4 aromatic carbocycles. The van der Waals surface area contributed by atoms with Crippen molar-refractivity contribution in [1.29, 1.82) is 0 Å². The largest absolute Gasteiger partial charge is 0.491 e. The van der Waals surface area contributed by atoms with E-state index < -0.39 is 33.8 Å². The van der Waals surface area contributed by atoms with Gasteiger partial charge in [0.25, 0.3) is 10.1 Å². The molecule has 8 N–H and O–H groups in total. The van der Waals surface area contributed by atoms with E-state index >= 15 is 0 Å². The van der Waals surface area contributed by atoms with Crippen LogP contribution >= 0.6 is 12.0 Å². The maximum Gasteiger partial charge on any atom is 0.335 e. The van der Waals surface area contributed by atoms with Crippen molar-refractivity contribution in [3.63, 3.8) is 0 Å². The molecule has 0 aliphatic rings. The third-order valence-corrected chi connectivity index (χ3v) is 10.2. The van der Waals surface area contributed by atoms with E-state index in [0.29, 0.717) is 46.1 Å². The van der Waals surface area contributed by atoms with Gasteiger partial charge in [0.2, 0.25) is 17.8 Å². The van der Waals surface area contributed by atoms with Crippen LogP contribution in [0.3, 0.4) is 0 Å². The minimum atomic E-state index is -4.29. The second kappa shape index (κ2) is 24.8. The van der Waals surface area contributed by atoms with E-state index in [1.807, 2.05) is 0 Å². The average Bonchev–Trinajstić information content (AvgIpc) is 3.28. The minimum absolute atomic E-state index is 0.00801. The van der Waals surface area contributed by atoms with Gasteiger partial charge in [-0.3, -0.25) is 9.35 Å². The highest BCUT2D eigenvalue weighted by atomic mass is 32.2. The first-order chi connectivity index (χ1) is 32.1. The van der Waals surface area contributed by atoms with Gasteiger partial charge >= 0.3 is 17.9 Å². The van der Waals surface area contributed by atoms with Crippen LogP contribution in [-0.2, 0) is 24.3 Å². The zero-order valence-corrected chi connectivity index (χ0v) is 37.3. The zero-order chi connectivity index (χ0) is 48.3.